The van der Waals surface area contributed by atoms with E-state index in [1.807, 2.05) is 0 Å². The van der Waals surface area contributed by atoms with Gasteiger partial charge in [0.1, 0.15) is 5.69 Å². The quantitative estimate of drug-likeness (QED) is 0.890. The van der Waals surface area contributed by atoms with Gasteiger partial charge < -0.3 is 10.4 Å². The van der Waals surface area contributed by atoms with Crippen molar-refractivity contribution in [3.05, 3.63) is 16.1 Å². The molecule has 1 rings (SSSR count). The van der Waals surface area contributed by atoms with Crippen molar-refractivity contribution >= 4 is 23.2 Å². The van der Waals surface area contributed by atoms with Crippen LogP contribution in [-0.2, 0) is 11.0 Å². The highest BCUT2D eigenvalue weighted by Gasteiger charge is 2.35. The van der Waals surface area contributed by atoms with Gasteiger partial charge in [-0.15, -0.1) is 11.3 Å². The smallest absolute Gasteiger partial charge is 0.443 e. The van der Waals surface area contributed by atoms with Crippen LogP contribution in [0.2, 0.25) is 0 Å². The largest absolute Gasteiger partial charge is 0.481 e. The van der Waals surface area contributed by atoms with Gasteiger partial charge >= 0.3 is 12.1 Å². The lowest BCUT2D eigenvalue weighted by atomic mass is 10.0. The van der Waals surface area contributed by atoms with Crippen molar-refractivity contribution in [1.82, 2.24) is 10.3 Å². The highest BCUT2D eigenvalue weighted by molar-refractivity contribution is 7.09. The molecule has 2 N–H and O–H groups in total. The van der Waals surface area contributed by atoms with Crippen LogP contribution in [0.5, 0.6) is 0 Å². The number of nitrogens with zero attached hydrogens (tertiary/aromatic N) is 1. The first-order valence-corrected chi connectivity index (χ1v) is 6.07. The lowest BCUT2D eigenvalue weighted by Gasteiger charge is -2.16. The van der Waals surface area contributed by atoms with Crippen LogP contribution in [0, 0.1) is 5.92 Å². The monoisotopic (exact) mass is 296 g/mol. The number of aromatic nitrogens is 1. The normalized spacial score (nSPS) is 14.8. The predicted molar refractivity (Wildman–Crippen MR) is 60.8 cm³/mol. The minimum Gasteiger partial charge on any atom is -0.481 e. The molecule has 0 aliphatic rings. The molecule has 5 nitrogen and oxygen atoms in total. The summed E-state index contributed by atoms with van der Waals surface area (Å²) in [6.45, 7) is 2.84. The minimum absolute atomic E-state index is 0.313. The van der Waals surface area contributed by atoms with E-state index in [-0.39, 0.29) is 5.69 Å². The second-order valence-electron chi connectivity index (χ2n) is 3.92. The molecule has 0 aliphatic carbocycles. The number of carboxylic acids is 1. The Kier molecular flexibility index (Phi) is 4.51. The number of carbonyl (C=O) groups is 2. The molecule has 0 saturated carbocycles. The fraction of sp³-hybridized carbons (Fsp3) is 0.500. The molecule has 9 heteroatoms. The first kappa shape index (κ1) is 15.4. The lowest BCUT2D eigenvalue weighted by Crippen LogP contribution is -2.40. The Bertz CT molecular complexity index is 487. The molecule has 1 amide bonds. The summed E-state index contributed by atoms with van der Waals surface area (Å²) in [5.41, 5.74) is -0.373. The summed E-state index contributed by atoms with van der Waals surface area (Å²) < 4.78 is 36.9. The number of carbonyl (C=O) groups excluding carboxylic acids is 1. The van der Waals surface area contributed by atoms with E-state index in [9.17, 15) is 22.8 Å². The first-order valence-electron chi connectivity index (χ1n) is 5.19. The Balaban J connectivity index is 2.74. The Morgan fingerprint density at radius 3 is 2.42 bits per heavy atom. The van der Waals surface area contributed by atoms with Crippen LogP contribution in [-0.4, -0.2) is 28.0 Å². The number of carboxylic acid groups (broad SMARTS) is 1. The van der Waals surface area contributed by atoms with Crippen LogP contribution in [0.25, 0.3) is 0 Å². The lowest BCUT2D eigenvalue weighted by molar-refractivity contribution is -0.141. The Morgan fingerprint density at radius 1 is 1.42 bits per heavy atom. The van der Waals surface area contributed by atoms with Crippen molar-refractivity contribution in [2.24, 2.45) is 5.92 Å². The van der Waals surface area contributed by atoms with Crippen molar-refractivity contribution in [3.63, 3.8) is 0 Å². The Morgan fingerprint density at radius 2 is 2.00 bits per heavy atom. The SMILES string of the molecule is CC(NC(=O)c1csc(C(F)(F)F)n1)C(C)C(=O)O. The summed E-state index contributed by atoms with van der Waals surface area (Å²) in [6, 6.07) is -0.721. The minimum atomic E-state index is -4.59. The van der Waals surface area contributed by atoms with Crippen LogP contribution in [0.1, 0.15) is 29.3 Å². The van der Waals surface area contributed by atoms with Crippen LogP contribution < -0.4 is 5.32 Å². The number of hydrogen-bond donors (Lipinski definition) is 2. The molecular formula is C10H11F3N2O3S. The zero-order valence-electron chi connectivity index (χ0n) is 9.99. The molecule has 2 unspecified atom stereocenters. The molecule has 0 spiro atoms. The van der Waals surface area contributed by atoms with Gasteiger partial charge in [-0.2, -0.15) is 13.2 Å². The summed E-state index contributed by atoms with van der Waals surface area (Å²) in [5, 5.41) is 10.9. The number of hydrogen-bond acceptors (Lipinski definition) is 4. The van der Waals surface area contributed by atoms with Crippen LogP contribution in [0.15, 0.2) is 5.38 Å². The summed E-state index contributed by atoms with van der Waals surface area (Å²) in [6.07, 6.45) is -4.59. The number of halogens is 3. The van der Waals surface area contributed by atoms with Gasteiger partial charge in [-0.05, 0) is 13.8 Å². The van der Waals surface area contributed by atoms with Gasteiger partial charge in [0.25, 0.3) is 5.91 Å². The van der Waals surface area contributed by atoms with Gasteiger partial charge in [-0.1, -0.05) is 0 Å². The van der Waals surface area contributed by atoms with Crippen molar-refractivity contribution < 1.29 is 27.9 Å². The van der Waals surface area contributed by atoms with Crippen LogP contribution in [0.4, 0.5) is 13.2 Å². The standard InChI is InChI=1S/C10H11F3N2O3S/c1-4(8(17)18)5(2)14-7(16)6-3-19-9(15-6)10(11,12)13/h3-5H,1-2H3,(H,14,16)(H,17,18). The van der Waals surface area contributed by atoms with Crippen LogP contribution >= 0.6 is 11.3 Å². The third-order valence-electron chi connectivity index (χ3n) is 2.48. The average molecular weight is 296 g/mol. The number of rotatable bonds is 4. The molecule has 0 saturated heterocycles. The van der Waals surface area contributed by atoms with Crippen molar-refractivity contribution in [2.75, 3.05) is 0 Å². The third-order valence-corrected chi connectivity index (χ3v) is 3.36. The molecule has 1 aromatic heterocycles. The third kappa shape index (κ3) is 3.91. The maximum Gasteiger partial charge on any atom is 0.443 e. The maximum atomic E-state index is 12.3. The number of amides is 1. The van der Waals surface area contributed by atoms with Gasteiger partial charge in [0.15, 0.2) is 5.01 Å². The summed E-state index contributed by atoms with van der Waals surface area (Å²) in [5.74, 6) is -2.79. The molecule has 0 fully saturated rings. The van der Waals surface area contributed by atoms with Gasteiger partial charge in [0.05, 0.1) is 5.92 Å². The fourth-order valence-electron chi connectivity index (χ4n) is 1.13. The van der Waals surface area contributed by atoms with E-state index in [1.54, 1.807) is 0 Å². The topological polar surface area (TPSA) is 79.3 Å². The molecule has 2 atom stereocenters. The van der Waals surface area contributed by atoms with E-state index >= 15 is 0 Å². The van der Waals surface area contributed by atoms with E-state index in [0.29, 0.717) is 11.3 Å². The molecule has 0 aromatic carbocycles. The fourth-order valence-corrected chi connectivity index (χ4v) is 1.80. The van der Waals surface area contributed by atoms with Gasteiger partial charge in [0.2, 0.25) is 0 Å². The van der Waals surface area contributed by atoms with Crippen molar-refractivity contribution in [2.45, 2.75) is 26.1 Å². The summed E-state index contributed by atoms with van der Waals surface area (Å²) in [7, 11) is 0. The second-order valence-corrected chi connectivity index (χ2v) is 4.78. The van der Waals surface area contributed by atoms with E-state index in [0.717, 1.165) is 5.38 Å². The van der Waals surface area contributed by atoms with E-state index in [1.165, 1.54) is 13.8 Å². The highest BCUT2D eigenvalue weighted by Crippen LogP contribution is 2.31. The Labute approximate surface area is 110 Å². The second kappa shape index (κ2) is 5.55. The van der Waals surface area contributed by atoms with Crippen molar-refractivity contribution in [3.8, 4) is 0 Å². The molecule has 1 heterocycles. The highest BCUT2D eigenvalue weighted by atomic mass is 32.1. The molecule has 19 heavy (non-hydrogen) atoms. The Hall–Kier alpha value is -1.64. The number of aliphatic carboxylic acids is 1. The average Bonchev–Trinajstić information content (AvgIpc) is 2.76. The van der Waals surface area contributed by atoms with E-state index < -0.39 is 35.0 Å². The first-order chi connectivity index (χ1) is 8.62. The zero-order chi connectivity index (χ0) is 14.8. The molecule has 0 radical (unpaired) electrons. The summed E-state index contributed by atoms with van der Waals surface area (Å²) >= 11 is 0.313. The maximum absolute atomic E-state index is 12.3. The molecule has 1 aromatic rings. The van der Waals surface area contributed by atoms with Crippen molar-refractivity contribution in [1.29, 1.82) is 0 Å². The number of thiazole rings is 1. The predicted octanol–water partition coefficient (Wildman–Crippen LogP) is 2.00. The summed E-state index contributed by atoms with van der Waals surface area (Å²) in [4.78, 5) is 25.4. The molecule has 106 valence electrons. The van der Waals surface area contributed by atoms with Gasteiger partial charge in [-0.25, -0.2) is 4.98 Å². The van der Waals surface area contributed by atoms with Crippen LogP contribution in [0.3, 0.4) is 0 Å². The van der Waals surface area contributed by atoms with Gasteiger partial charge in [-0.3, -0.25) is 9.59 Å². The molecule has 0 bridgehead atoms. The zero-order valence-corrected chi connectivity index (χ0v) is 10.8. The molecular weight excluding hydrogens is 285 g/mol. The van der Waals surface area contributed by atoms with Gasteiger partial charge in [0, 0.05) is 11.4 Å². The number of nitrogens with one attached hydrogen (secondary N) is 1. The molecule has 0 aliphatic heterocycles. The van der Waals surface area contributed by atoms with E-state index in [4.69, 9.17) is 5.11 Å². The van der Waals surface area contributed by atoms with E-state index in [2.05, 4.69) is 10.3 Å². The number of alkyl halides is 3.